The summed E-state index contributed by atoms with van der Waals surface area (Å²) in [7, 11) is 0. The van der Waals surface area contributed by atoms with Crippen LogP contribution in [0.3, 0.4) is 0 Å². The number of aryl methyl sites for hydroxylation is 1. The maximum Gasteiger partial charge on any atom is 0.251 e. The van der Waals surface area contributed by atoms with E-state index in [1.54, 1.807) is 30.5 Å². The molecule has 0 aliphatic heterocycles. The van der Waals surface area contributed by atoms with Gasteiger partial charge in [0.2, 0.25) is 0 Å². The predicted octanol–water partition coefficient (Wildman–Crippen LogP) is 6.61. The molecule has 1 amide bonds. The van der Waals surface area contributed by atoms with Crippen molar-refractivity contribution in [1.29, 1.82) is 0 Å². The third-order valence-electron chi connectivity index (χ3n) is 4.65. The molecule has 0 aliphatic carbocycles. The van der Waals surface area contributed by atoms with Crippen molar-refractivity contribution in [2.75, 3.05) is 11.3 Å². The van der Waals surface area contributed by atoms with Gasteiger partial charge in [0.1, 0.15) is 17.3 Å². The summed E-state index contributed by atoms with van der Waals surface area (Å²) in [5.41, 5.74) is 1.70. The number of amides is 1. The first-order chi connectivity index (χ1) is 14.9. The number of carbonyl (C=O) groups excluding carboxylic acids is 1. The fourth-order valence-electron chi connectivity index (χ4n) is 3.11. The first-order valence-corrected chi connectivity index (χ1v) is 11.0. The van der Waals surface area contributed by atoms with Crippen molar-refractivity contribution in [3.8, 4) is 0 Å². The summed E-state index contributed by atoms with van der Waals surface area (Å²) < 4.78 is 23.2. The van der Waals surface area contributed by atoms with Gasteiger partial charge >= 0.3 is 0 Å². The molecule has 0 unspecified atom stereocenters. The topological polar surface area (TPSA) is 70.1 Å². The van der Waals surface area contributed by atoms with E-state index >= 15 is 0 Å². The van der Waals surface area contributed by atoms with Gasteiger partial charge in [0.15, 0.2) is 0 Å². The van der Waals surface area contributed by atoms with E-state index in [0.717, 1.165) is 29.0 Å². The van der Waals surface area contributed by atoms with E-state index in [2.05, 4.69) is 15.0 Å². The van der Waals surface area contributed by atoms with Gasteiger partial charge in [0.05, 0.1) is 26.1 Å². The Balaban J connectivity index is 1.38. The number of H-pyrrole nitrogens is 1. The summed E-state index contributed by atoms with van der Waals surface area (Å²) in [6.45, 7) is 2.26. The van der Waals surface area contributed by atoms with Crippen molar-refractivity contribution >= 4 is 57.6 Å². The Labute approximate surface area is 192 Å². The second kappa shape index (κ2) is 9.26. The monoisotopic (exact) mass is 477 g/mol. The zero-order valence-corrected chi connectivity index (χ0v) is 18.7. The first kappa shape index (κ1) is 21.6. The van der Waals surface area contributed by atoms with Crippen LogP contribution in [0.1, 0.15) is 21.9 Å². The number of fused-ring (bicyclic) bond motifs is 1. The predicted molar refractivity (Wildman–Crippen MR) is 124 cm³/mol. The highest BCUT2D eigenvalue weighted by Crippen LogP contribution is 2.36. The fourth-order valence-corrected chi connectivity index (χ4v) is 4.35. The fraction of sp³-hybridized carbons (Fsp3) is 0.136. The molecule has 2 aromatic heterocycles. The molecule has 4 rings (SSSR count). The maximum atomic E-state index is 14.6. The molecular weight excluding hydrogens is 460 g/mol. The van der Waals surface area contributed by atoms with Crippen LogP contribution in [0.5, 0.6) is 0 Å². The third kappa shape index (κ3) is 4.84. The number of aromatic amines is 1. The molecule has 2 aromatic carbocycles. The van der Waals surface area contributed by atoms with Gasteiger partial charge in [0, 0.05) is 30.1 Å². The van der Waals surface area contributed by atoms with Gasteiger partial charge in [-0.1, -0.05) is 23.2 Å². The number of nitrogens with one attached hydrogen (secondary N) is 3. The average molecular weight is 478 g/mol. The highest BCUT2D eigenvalue weighted by atomic mass is 35.5. The van der Waals surface area contributed by atoms with E-state index < -0.39 is 5.82 Å². The number of carbonyl (C=O) groups is 1. The van der Waals surface area contributed by atoms with Crippen molar-refractivity contribution in [2.45, 2.75) is 18.2 Å². The number of rotatable bonds is 7. The number of hydrogen-bond acceptors (Lipinski definition) is 4. The van der Waals surface area contributed by atoms with Gasteiger partial charge in [-0.3, -0.25) is 4.79 Å². The molecule has 31 heavy (non-hydrogen) atoms. The number of aromatic nitrogens is 1. The molecule has 5 nitrogen and oxygen atoms in total. The highest BCUT2D eigenvalue weighted by molar-refractivity contribution is 8.00. The Morgan fingerprint density at radius 2 is 2.00 bits per heavy atom. The van der Waals surface area contributed by atoms with Gasteiger partial charge in [-0.05, 0) is 61.3 Å². The molecule has 0 atom stereocenters. The SMILES string of the molecule is Cc1ccc(CCNC(=O)c2ccc(SNc3ccc(Cl)c4c(Cl)c[nH]c34)c(F)c2)o1. The summed E-state index contributed by atoms with van der Waals surface area (Å²) in [4.78, 5) is 15.7. The highest BCUT2D eigenvalue weighted by Gasteiger charge is 2.13. The Kier molecular flexibility index (Phi) is 6.46. The second-order valence-corrected chi connectivity index (χ2v) is 8.51. The zero-order chi connectivity index (χ0) is 22.0. The summed E-state index contributed by atoms with van der Waals surface area (Å²) in [6.07, 6.45) is 2.22. The Morgan fingerprint density at radius 3 is 2.74 bits per heavy atom. The summed E-state index contributed by atoms with van der Waals surface area (Å²) in [5.74, 6) is 0.777. The van der Waals surface area contributed by atoms with Crippen LogP contribution in [0.4, 0.5) is 10.1 Å². The van der Waals surface area contributed by atoms with E-state index in [-0.39, 0.29) is 11.5 Å². The lowest BCUT2D eigenvalue weighted by Crippen LogP contribution is -2.25. The Morgan fingerprint density at radius 1 is 1.16 bits per heavy atom. The summed E-state index contributed by atoms with van der Waals surface area (Å²) in [5, 5.41) is 4.51. The second-order valence-electron chi connectivity index (χ2n) is 6.85. The lowest BCUT2D eigenvalue weighted by molar-refractivity contribution is 0.0953. The molecule has 0 radical (unpaired) electrons. The van der Waals surface area contributed by atoms with Crippen molar-refractivity contribution in [3.05, 3.63) is 81.6 Å². The Bertz CT molecular complexity index is 1260. The third-order valence-corrected chi connectivity index (χ3v) is 6.14. The molecular formula is C22H18Cl2FN3O2S. The molecule has 4 aromatic rings. The van der Waals surface area contributed by atoms with Crippen LogP contribution in [-0.2, 0) is 6.42 Å². The molecule has 0 saturated heterocycles. The van der Waals surface area contributed by atoms with Gasteiger partial charge in [-0.15, -0.1) is 0 Å². The number of anilines is 1. The first-order valence-electron chi connectivity index (χ1n) is 9.43. The van der Waals surface area contributed by atoms with E-state index in [9.17, 15) is 9.18 Å². The lowest BCUT2D eigenvalue weighted by atomic mass is 10.2. The normalized spacial score (nSPS) is 11.1. The number of halogens is 3. The van der Waals surface area contributed by atoms with Crippen LogP contribution in [0.25, 0.3) is 10.9 Å². The largest absolute Gasteiger partial charge is 0.466 e. The van der Waals surface area contributed by atoms with Gasteiger partial charge in [-0.2, -0.15) is 0 Å². The molecule has 0 bridgehead atoms. The minimum atomic E-state index is -0.499. The summed E-state index contributed by atoms with van der Waals surface area (Å²) >= 11 is 13.4. The van der Waals surface area contributed by atoms with Crippen molar-refractivity contribution in [3.63, 3.8) is 0 Å². The van der Waals surface area contributed by atoms with E-state index in [4.69, 9.17) is 27.6 Å². The van der Waals surface area contributed by atoms with Crippen molar-refractivity contribution in [2.24, 2.45) is 0 Å². The van der Waals surface area contributed by atoms with Crippen LogP contribution in [0.15, 0.2) is 58.0 Å². The van der Waals surface area contributed by atoms with Gasteiger partial charge < -0.3 is 19.4 Å². The molecule has 3 N–H and O–H groups in total. The Hall–Kier alpha value is -2.61. The van der Waals surface area contributed by atoms with Crippen LogP contribution in [-0.4, -0.2) is 17.4 Å². The smallest absolute Gasteiger partial charge is 0.251 e. The number of furan rings is 1. The number of hydrogen-bond donors (Lipinski definition) is 3. The molecule has 9 heteroatoms. The van der Waals surface area contributed by atoms with Crippen LogP contribution in [0.2, 0.25) is 10.0 Å². The molecule has 0 saturated carbocycles. The van der Waals surface area contributed by atoms with E-state index in [1.807, 2.05) is 19.1 Å². The van der Waals surface area contributed by atoms with Gasteiger partial charge in [-0.25, -0.2) is 4.39 Å². The lowest BCUT2D eigenvalue weighted by Gasteiger charge is -2.10. The maximum absolute atomic E-state index is 14.6. The standard InChI is InChI=1S/C22H18Cl2FN3O2S/c1-12-2-4-14(30-12)8-9-26-22(29)13-3-7-19(17(25)10-13)31-28-18-6-5-15(23)20-16(24)11-27-21(18)20/h2-7,10-11,27-28H,8-9H2,1H3,(H,26,29). The number of benzene rings is 2. The van der Waals surface area contributed by atoms with Crippen LogP contribution in [0, 0.1) is 12.7 Å². The minimum Gasteiger partial charge on any atom is -0.466 e. The molecule has 160 valence electrons. The summed E-state index contributed by atoms with van der Waals surface area (Å²) in [6, 6.07) is 11.6. The van der Waals surface area contributed by atoms with Crippen molar-refractivity contribution in [1.82, 2.24) is 10.3 Å². The van der Waals surface area contributed by atoms with Crippen LogP contribution >= 0.6 is 35.1 Å². The zero-order valence-electron chi connectivity index (χ0n) is 16.4. The van der Waals surface area contributed by atoms with Crippen molar-refractivity contribution < 1.29 is 13.6 Å². The molecule has 0 spiro atoms. The van der Waals surface area contributed by atoms with Gasteiger partial charge in [0.25, 0.3) is 5.91 Å². The van der Waals surface area contributed by atoms with E-state index in [1.165, 1.54) is 6.07 Å². The van der Waals surface area contributed by atoms with Crippen LogP contribution < -0.4 is 10.0 Å². The van der Waals surface area contributed by atoms with E-state index in [0.29, 0.717) is 39.0 Å². The molecule has 2 heterocycles. The molecule has 0 aliphatic rings. The quantitative estimate of drug-likeness (QED) is 0.262. The average Bonchev–Trinajstić information content (AvgIpc) is 3.34. The minimum absolute atomic E-state index is 0.252. The molecule has 0 fully saturated rings.